The normalized spacial score (nSPS) is 40.2. The molecule has 8 atom stereocenters. The third kappa shape index (κ3) is 5.02. The highest BCUT2D eigenvalue weighted by molar-refractivity contribution is 5.69. The number of ether oxygens (including phenoxy) is 1. The van der Waals surface area contributed by atoms with Crippen molar-refractivity contribution in [2.24, 2.45) is 52.1 Å². The zero-order chi connectivity index (χ0) is 24.5. The van der Waals surface area contributed by atoms with Crippen LogP contribution < -0.4 is 5.73 Å². The highest BCUT2D eigenvalue weighted by Gasteiger charge is 2.59. The van der Waals surface area contributed by atoms with E-state index in [0.717, 1.165) is 54.8 Å². The van der Waals surface area contributed by atoms with Crippen LogP contribution in [0.25, 0.3) is 0 Å². The summed E-state index contributed by atoms with van der Waals surface area (Å²) in [6, 6.07) is 0. The average Bonchev–Trinajstić information content (AvgIpc) is 3.15. The number of hydrogen-bond acceptors (Lipinski definition) is 3. The van der Waals surface area contributed by atoms with Crippen LogP contribution in [0.3, 0.4) is 0 Å². The molecular weight excluding hydrogens is 418 g/mol. The number of carbonyl (C=O) groups excluding carboxylic acids is 1. The maximum atomic E-state index is 12.2. The fraction of sp³-hybridized carbons (Fsp3) is 0.903. The highest BCUT2D eigenvalue weighted by Crippen LogP contribution is 2.67. The maximum Gasteiger partial charge on any atom is 0.306 e. The zero-order valence-electron chi connectivity index (χ0n) is 22.9. The van der Waals surface area contributed by atoms with Gasteiger partial charge in [-0.3, -0.25) is 4.79 Å². The van der Waals surface area contributed by atoms with Crippen molar-refractivity contribution in [3.63, 3.8) is 0 Å². The molecule has 0 heterocycles. The molecule has 0 spiro atoms. The molecule has 3 fully saturated rings. The zero-order valence-corrected chi connectivity index (χ0v) is 22.9. The lowest BCUT2D eigenvalue weighted by atomic mass is 9.47. The van der Waals surface area contributed by atoms with Gasteiger partial charge < -0.3 is 10.5 Å². The van der Waals surface area contributed by atoms with Crippen molar-refractivity contribution in [2.75, 3.05) is 6.54 Å². The molecule has 3 heteroatoms. The fourth-order valence-corrected chi connectivity index (χ4v) is 9.24. The van der Waals surface area contributed by atoms with Crippen molar-refractivity contribution < 1.29 is 9.53 Å². The Balaban J connectivity index is 1.41. The van der Waals surface area contributed by atoms with Crippen LogP contribution in [-0.2, 0) is 9.53 Å². The second kappa shape index (κ2) is 10.7. The molecule has 0 bridgehead atoms. The van der Waals surface area contributed by atoms with Crippen LogP contribution in [0, 0.1) is 46.3 Å². The summed E-state index contributed by atoms with van der Waals surface area (Å²) < 4.78 is 5.86. The van der Waals surface area contributed by atoms with Crippen molar-refractivity contribution in [3.05, 3.63) is 11.6 Å². The van der Waals surface area contributed by atoms with Gasteiger partial charge in [-0.15, -0.1) is 0 Å². The molecular formula is C31H53NO2. The van der Waals surface area contributed by atoms with Crippen LogP contribution in [-0.4, -0.2) is 18.6 Å². The van der Waals surface area contributed by atoms with Gasteiger partial charge in [0.25, 0.3) is 0 Å². The Kier molecular flexibility index (Phi) is 8.22. The van der Waals surface area contributed by atoms with E-state index in [9.17, 15) is 4.79 Å². The minimum absolute atomic E-state index is 0.0544. The Labute approximate surface area is 210 Å². The summed E-state index contributed by atoms with van der Waals surface area (Å²) in [5.74, 6) is 5.18. The first-order valence-corrected chi connectivity index (χ1v) is 14.8. The van der Waals surface area contributed by atoms with Gasteiger partial charge in [0.2, 0.25) is 0 Å². The molecule has 4 aliphatic rings. The smallest absolute Gasteiger partial charge is 0.306 e. The van der Waals surface area contributed by atoms with Crippen molar-refractivity contribution >= 4 is 5.97 Å². The van der Waals surface area contributed by atoms with Gasteiger partial charge in [-0.25, -0.2) is 0 Å². The lowest BCUT2D eigenvalue weighted by molar-refractivity contribution is -0.151. The summed E-state index contributed by atoms with van der Waals surface area (Å²) in [6.45, 7) is 13.1. The number of esters is 1. The van der Waals surface area contributed by atoms with E-state index < -0.39 is 0 Å². The fourth-order valence-electron chi connectivity index (χ4n) is 9.24. The van der Waals surface area contributed by atoms with Gasteiger partial charge >= 0.3 is 5.97 Å². The summed E-state index contributed by atoms with van der Waals surface area (Å²) in [5.41, 5.74) is 8.05. The van der Waals surface area contributed by atoms with Gasteiger partial charge in [-0.2, -0.15) is 0 Å². The Morgan fingerprint density at radius 1 is 1.06 bits per heavy atom. The van der Waals surface area contributed by atoms with E-state index in [4.69, 9.17) is 10.5 Å². The SMILES string of the molecule is CC(C)CCC[C@@H](C)[C@H]1CC[C@H]2[C@@H]3CC=C4CC(OC(=O)CCCN)CC[C@]4(C)[C@H]3CC[C@]12C. The van der Waals surface area contributed by atoms with Gasteiger partial charge in [0.05, 0.1) is 0 Å². The molecule has 4 aliphatic carbocycles. The molecule has 0 aromatic heterocycles. The summed E-state index contributed by atoms with van der Waals surface area (Å²) in [4.78, 5) is 12.2. The first-order chi connectivity index (χ1) is 16.2. The molecule has 0 aromatic carbocycles. The lowest BCUT2D eigenvalue weighted by Crippen LogP contribution is -2.51. The molecule has 3 saturated carbocycles. The standard InChI is InChI=1S/C31H53NO2/c1-21(2)8-6-9-22(3)26-13-14-27-25-12-11-23-20-24(34-29(33)10-7-19-32)15-17-30(23,4)28(25)16-18-31(26,27)5/h11,21-22,24-28H,6-10,12-20,32H2,1-5H3/t22-,24?,25+,26-,27+,28+,30+,31-/m1/s1. The largest absolute Gasteiger partial charge is 0.462 e. The summed E-state index contributed by atoms with van der Waals surface area (Å²) in [6.07, 6.45) is 18.3. The molecule has 0 radical (unpaired) electrons. The van der Waals surface area contributed by atoms with Gasteiger partial charge in [-0.1, -0.05) is 65.5 Å². The van der Waals surface area contributed by atoms with E-state index in [0.29, 0.717) is 23.8 Å². The van der Waals surface area contributed by atoms with Gasteiger partial charge in [0, 0.05) is 12.8 Å². The van der Waals surface area contributed by atoms with E-state index in [2.05, 4.69) is 40.7 Å². The Bertz CT molecular complexity index is 744. The van der Waals surface area contributed by atoms with E-state index in [-0.39, 0.29) is 12.1 Å². The minimum atomic E-state index is -0.0544. The van der Waals surface area contributed by atoms with Crippen LogP contribution in [0.5, 0.6) is 0 Å². The third-order valence-electron chi connectivity index (χ3n) is 11.1. The Hall–Kier alpha value is -0.830. The second-order valence-electron chi connectivity index (χ2n) is 13.5. The molecule has 194 valence electrons. The van der Waals surface area contributed by atoms with E-state index in [1.807, 2.05) is 0 Å². The molecule has 0 amide bonds. The first kappa shape index (κ1) is 26.2. The number of carbonyl (C=O) groups is 1. The molecule has 34 heavy (non-hydrogen) atoms. The minimum Gasteiger partial charge on any atom is -0.462 e. The second-order valence-corrected chi connectivity index (χ2v) is 13.5. The van der Waals surface area contributed by atoms with Gasteiger partial charge in [-0.05, 0) is 104 Å². The Morgan fingerprint density at radius 3 is 2.59 bits per heavy atom. The predicted octanol–water partition coefficient (Wildman–Crippen LogP) is 7.68. The number of rotatable bonds is 9. The molecule has 0 aliphatic heterocycles. The average molecular weight is 472 g/mol. The molecule has 1 unspecified atom stereocenters. The van der Waals surface area contributed by atoms with Gasteiger partial charge in [0.15, 0.2) is 0 Å². The van der Waals surface area contributed by atoms with Crippen molar-refractivity contribution in [1.29, 1.82) is 0 Å². The molecule has 0 saturated heterocycles. The van der Waals surface area contributed by atoms with Crippen molar-refractivity contribution in [1.82, 2.24) is 0 Å². The van der Waals surface area contributed by atoms with E-state index in [1.165, 1.54) is 57.8 Å². The van der Waals surface area contributed by atoms with Crippen LogP contribution in [0.4, 0.5) is 0 Å². The Morgan fingerprint density at radius 2 is 1.85 bits per heavy atom. The van der Waals surface area contributed by atoms with Crippen LogP contribution in [0.15, 0.2) is 11.6 Å². The van der Waals surface area contributed by atoms with Crippen LogP contribution in [0.2, 0.25) is 0 Å². The monoisotopic (exact) mass is 471 g/mol. The van der Waals surface area contributed by atoms with Crippen LogP contribution in [0.1, 0.15) is 118 Å². The number of allylic oxidation sites excluding steroid dienone is 1. The third-order valence-corrected chi connectivity index (χ3v) is 11.1. The summed E-state index contributed by atoms with van der Waals surface area (Å²) in [5, 5.41) is 0. The summed E-state index contributed by atoms with van der Waals surface area (Å²) >= 11 is 0. The van der Waals surface area contributed by atoms with E-state index >= 15 is 0 Å². The molecule has 2 N–H and O–H groups in total. The van der Waals surface area contributed by atoms with E-state index in [1.54, 1.807) is 5.57 Å². The molecule has 0 aromatic rings. The molecule has 3 nitrogen and oxygen atoms in total. The van der Waals surface area contributed by atoms with Crippen molar-refractivity contribution in [3.8, 4) is 0 Å². The number of nitrogens with two attached hydrogens (primary N) is 1. The van der Waals surface area contributed by atoms with Crippen molar-refractivity contribution in [2.45, 2.75) is 124 Å². The first-order valence-electron chi connectivity index (χ1n) is 14.8. The van der Waals surface area contributed by atoms with Gasteiger partial charge in [0.1, 0.15) is 6.10 Å². The quantitative estimate of drug-likeness (QED) is 0.277. The maximum absolute atomic E-state index is 12.2. The lowest BCUT2D eigenvalue weighted by Gasteiger charge is -2.58. The molecule has 4 rings (SSSR count). The highest BCUT2D eigenvalue weighted by atomic mass is 16.5. The number of hydrogen-bond donors (Lipinski definition) is 1. The number of fused-ring (bicyclic) bond motifs is 5. The summed E-state index contributed by atoms with van der Waals surface area (Å²) in [7, 11) is 0. The van der Waals surface area contributed by atoms with Crippen LogP contribution >= 0.6 is 0 Å². The topological polar surface area (TPSA) is 52.3 Å². The predicted molar refractivity (Wildman–Crippen MR) is 141 cm³/mol.